The molecule has 3 nitrogen and oxygen atoms in total. The van der Waals surface area contributed by atoms with Crippen LogP contribution >= 0.6 is 0 Å². The summed E-state index contributed by atoms with van der Waals surface area (Å²) in [6.45, 7) is 2.58. The van der Waals surface area contributed by atoms with Gasteiger partial charge in [0.25, 0.3) is 0 Å². The van der Waals surface area contributed by atoms with E-state index in [0.29, 0.717) is 6.61 Å². The van der Waals surface area contributed by atoms with Crippen LogP contribution in [0.2, 0.25) is 0 Å². The topological polar surface area (TPSA) is 52.3 Å². The van der Waals surface area contributed by atoms with Gasteiger partial charge in [-0.2, -0.15) is 0 Å². The molecule has 1 aromatic rings. The minimum absolute atomic E-state index is 0.0905. The maximum atomic E-state index is 10.4. The molecule has 15 heavy (non-hydrogen) atoms. The molecule has 78 valence electrons. The molecule has 0 spiro atoms. The number of rotatable bonds is 3. The van der Waals surface area contributed by atoms with Crippen LogP contribution in [0.1, 0.15) is 18.9 Å². The van der Waals surface area contributed by atoms with Gasteiger partial charge in [0.2, 0.25) is 5.91 Å². The maximum absolute atomic E-state index is 10.4. The van der Waals surface area contributed by atoms with E-state index in [0.717, 1.165) is 11.3 Å². The van der Waals surface area contributed by atoms with E-state index in [1.54, 1.807) is 0 Å². The molecule has 2 N–H and O–H groups in total. The third kappa shape index (κ3) is 4.19. The lowest BCUT2D eigenvalue weighted by Gasteiger charge is -2.01. The molecule has 0 saturated carbocycles. The Hall–Kier alpha value is -1.95. The second-order valence-electron chi connectivity index (χ2n) is 2.90. The Morgan fingerprint density at radius 1 is 1.40 bits per heavy atom. The summed E-state index contributed by atoms with van der Waals surface area (Å²) in [6, 6.07) is 7.38. The zero-order valence-corrected chi connectivity index (χ0v) is 8.62. The molecule has 0 aromatic heterocycles. The summed E-state index contributed by atoms with van der Waals surface area (Å²) >= 11 is 0. The van der Waals surface area contributed by atoms with Crippen molar-refractivity contribution in [2.75, 3.05) is 6.61 Å². The van der Waals surface area contributed by atoms with Gasteiger partial charge in [-0.25, -0.2) is 0 Å². The number of hydrogen-bond donors (Lipinski definition) is 1. The largest absolute Gasteiger partial charge is 0.494 e. The summed E-state index contributed by atoms with van der Waals surface area (Å²) < 4.78 is 5.28. The summed E-state index contributed by atoms with van der Waals surface area (Å²) in [4.78, 5) is 10.4. The van der Waals surface area contributed by atoms with E-state index in [1.807, 2.05) is 31.2 Å². The van der Waals surface area contributed by atoms with Crippen LogP contribution < -0.4 is 10.5 Å². The zero-order chi connectivity index (χ0) is 11.1. The van der Waals surface area contributed by atoms with Gasteiger partial charge in [0.15, 0.2) is 0 Å². The van der Waals surface area contributed by atoms with Crippen LogP contribution in [0.3, 0.4) is 0 Å². The fourth-order valence-corrected chi connectivity index (χ4v) is 1.03. The highest BCUT2D eigenvalue weighted by Crippen LogP contribution is 2.10. The van der Waals surface area contributed by atoms with Crippen molar-refractivity contribution in [3.8, 4) is 17.6 Å². The van der Waals surface area contributed by atoms with Crippen LogP contribution in [0.4, 0.5) is 0 Å². The van der Waals surface area contributed by atoms with Crippen molar-refractivity contribution in [2.24, 2.45) is 5.73 Å². The van der Waals surface area contributed by atoms with Crippen LogP contribution in [0.15, 0.2) is 24.3 Å². The highest BCUT2D eigenvalue weighted by Gasteiger charge is 1.91. The summed E-state index contributed by atoms with van der Waals surface area (Å²) in [5.74, 6) is 5.93. The highest BCUT2D eigenvalue weighted by atomic mass is 16.5. The summed E-state index contributed by atoms with van der Waals surface area (Å²) in [7, 11) is 0. The van der Waals surface area contributed by atoms with Gasteiger partial charge in [-0.15, -0.1) is 0 Å². The average Bonchev–Trinajstić information content (AvgIpc) is 2.20. The van der Waals surface area contributed by atoms with Gasteiger partial charge >= 0.3 is 0 Å². The van der Waals surface area contributed by atoms with Crippen LogP contribution in [0, 0.1) is 11.8 Å². The predicted molar refractivity (Wildman–Crippen MR) is 58.3 cm³/mol. The van der Waals surface area contributed by atoms with Gasteiger partial charge in [0.1, 0.15) is 5.75 Å². The molecule has 0 aliphatic carbocycles. The Labute approximate surface area is 89.2 Å². The van der Waals surface area contributed by atoms with Gasteiger partial charge in [-0.05, 0) is 31.2 Å². The third-order valence-corrected chi connectivity index (χ3v) is 1.66. The van der Waals surface area contributed by atoms with Gasteiger partial charge in [-0.3, -0.25) is 4.79 Å². The van der Waals surface area contributed by atoms with Gasteiger partial charge in [0, 0.05) is 5.56 Å². The Bertz CT molecular complexity index is 384. The second kappa shape index (κ2) is 5.71. The van der Waals surface area contributed by atoms with E-state index in [-0.39, 0.29) is 6.42 Å². The first-order chi connectivity index (χ1) is 7.22. The molecule has 3 heteroatoms. The van der Waals surface area contributed by atoms with Crippen molar-refractivity contribution in [1.82, 2.24) is 0 Å². The number of hydrogen-bond acceptors (Lipinski definition) is 2. The normalized spacial score (nSPS) is 8.87. The van der Waals surface area contributed by atoms with Crippen LogP contribution in [-0.4, -0.2) is 12.5 Å². The number of carbonyl (C=O) groups is 1. The fourth-order valence-electron chi connectivity index (χ4n) is 1.03. The molecule has 0 unspecified atom stereocenters. The van der Waals surface area contributed by atoms with Crippen molar-refractivity contribution in [1.29, 1.82) is 0 Å². The Balaban J connectivity index is 2.62. The van der Waals surface area contributed by atoms with Gasteiger partial charge in [0.05, 0.1) is 13.0 Å². The lowest BCUT2D eigenvalue weighted by atomic mass is 10.2. The first-order valence-electron chi connectivity index (χ1n) is 4.72. The van der Waals surface area contributed by atoms with E-state index >= 15 is 0 Å². The van der Waals surface area contributed by atoms with Crippen molar-refractivity contribution >= 4 is 5.91 Å². The zero-order valence-electron chi connectivity index (χ0n) is 8.62. The third-order valence-electron chi connectivity index (χ3n) is 1.66. The molecule has 0 bridgehead atoms. The van der Waals surface area contributed by atoms with Crippen LogP contribution in [0.25, 0.3) is 0 Å². The van der Waals surface area contributed by atoms with Crippen molar-refractivity contribution in [3.63, 3.8) is 0 Å². The summed E-state index contributed by atoms with van der Waals surface area (Å²) in [5.41, 5.74) is 5.81. The molecule has 0 aliphatic heterocycles. The number of primary amides is 1. The molecular formula is C12H13NO2. The van der Waals surface area contributed by atoms with E-state index in [1.165, 1.54) is 0 Å². The molecule has 1 amide bonds. The van der Waals surface area contributed by atoms with Crippen LogP contribution in [0.5, 0.6) is 5.75 Å². The molecule has 1 rings (SSSR count). The number of benzene rings is 1. The van der Waals surface area contributed by atoms with E-state index in [4.69, 9.17) is 10.5 Å². The van der Waals surface area contributed by atoms with Crippen molar-refractivity contribution in [2.45, 2.75) is 13.3 Å². The minimum Gasteiger partial charge on any atom is -0.494 e. The predicted octanol–water partition coefficient (Wildman–Crippen LogP) is 1.31. The summed E-state index contributed by atoms with van der Waals surface area (Å²) in [6.07, 6.45) is 0.0905. The first-order valence-corrected chi connectivity index (χ1v) is 4.72. The first kappa shape index (κ1) is 11.1. The van der Waals surface area contributed by atoms with E-state index in [2.05, 4.69) is 11.8 Å². The molecule has 0 fully saturated rings. The Kier molecular flexibility index (Phi) is 4.24. The quantitative estimate of drug-likeness (QED) is 0.753. The summed E-state index contributed by atoms with van der Waals surface area (Å²) in [5, 5.41) is 0. The number of ether oxygens (including phenoxy) is 1. The van der Waals surface area contributed by atoms with Crippen LogP contribution in [-0.2, 0) is 4.79 Å². The lowest BCUT2D eigenvalue weighted by molar-refractivity contribution is -0.117. The molecule has 0 atom stereocenters. The van der Waals surface area contributed by atoms with E-state index < -0.39 is 5.91 Å². The highest BCUT2D eigenvalue weighted by molar-refractivity contribution is 5.76. The molecule has 0 radical (unpaired) electrons. The van der Waals surface area contributed by atoms with E-state index in [9.17, 15) is 4.79 Å². The monoisotopic (exact) mass is 203 g/mol. The smallest absolute Gasteiger partial charge is 0.229 e. The number of carbonyl (C=O) groups excluding carboxylic acids is 1. The molecule has 1 aromatic carbocycles. The molecular weight excluding hydrogens is 190 g/mol. The average molecular weight is 203 g/mol. The van der Waals surface area contributed by atoms with Crippen molar-refractivity contribution in [3.05, 3.63) is 29.8 Å². The molecule has 0 aliphatic rings. The SMILES string of the molecule is CCOc1ccc(C#CCC(N)=O)cc1. The molecule has 0 saturated heterocycles. The fraction of sp³-hybridized carbons (Fsp3) is 0.250. The Morgan fingerprint density at radius 3 is 2.60 bits per heavy atom. The second-order valence-corrected chi connectivity index (χ2v) is 2.90. The van der Waals surface area contributed by atoms with Crippen molar-refractivity contribution < 1.29 is 9.53 Å². The molecule has 0 heterocycles. The van der Waals surface area contributed by atoms with Gasteiger partial charge in [-0.1, -0.05) is 11.8 Å². The number of nitrogens with two attached hydrogens (primary N) is 1. The number of amides is 1. The minimum atomic E-state index is -0.409. The van der Waals surface area contributed by atoms with Gasteiger partial charge < -0.3 is 10.5 Å². The Morgan fingerprint density at radius 2 is 2.07 bits per heavy atom. The standard InChI is InChI=1S/C12H13NO2/c1-2-15-11-8-6-10(7-9-11)4-3-5-12(13)14/h6-9H,2,5H2,1H3,(H2,13,14). The maximum Gasteiger partial charge on any atom is 0.229 e. The lowest BCUT2D eigenvalue weighted by Crippen LogP contribution is -2.08.